The van der Waals surface area contributed by atoms with E-state index in [-0.39, 0.29) is 5.92 Å². The maximum absolute atomic E-state index is 10.2. The van der Waals surface area contributed by atoms with Crippen LogP contribution >= 0.6 is 0 Å². The van der Waals surface area contributed by atoms with Gasteiger partial charge in [0.05, 0.1) is 11.5 Å². The Bertz CT molecular complexity index is 401. The molecule has 0 aliphatic carbocycles. The molecule has 4 heteroatoms. The lowest BCUT2D eigenvalue weighted by Crippen LogP contribution is -2.19. The van der Waals surface area contributed by atoms with Gasteiger partial charge in [0.2, 0.25) is 6.20 Å². The molecule has 1 unspecified atom stereocenters. The van der Waals surface area contributed by atoms with Gasteiger partial charge in [-0.05, 0) is 24.1 Å². The highest BCUT2D eigenvalue weighted by Gasteiger charge is 2.17. The van der Waals surface area contributed by atoms with Crippen LogP contribution in [0.1, 0.15) is 5.56 Å². The second kappa shape index (κ2) is 4.13. The van der Waals surface area contributed by atoms with Gasteiger partial charge in [-0.15, -0.1) is 0 Å². The number of para-hydroxylation sites is 1. The molecule has 2 rings (SSSR count). The third-order valence-electron chi connectivity index (χ3n) is 2.39. The van der Waals surface area contributed by atoms with Crippen molar-refractivity contribution in [1.29, 1.82) is 0 Å². The summed E-state index contributed by atoms with van der Waals surface area (Å²) in [5.41, 5.74) is 1.11. The third kappa shape index (κ3) is 2.34. The molecule has 1 atom stereocenters. The molecule has 1 aromatic rings. The minimum atomic E-state index is -0.444. The lowest BCUT2D eigenvalue weighted by Gasteiger charge is -2.22. The molecule has 0 saturated heterocycles. The second-order valence-corrected chi connectivity index (χ2v) is 3.51. The van der Waals surface area contributed by atoms with Crippen LogP contribution in [-0.4, -0.2) is 11.5 Å². The van der Waals surface area contributed by atoms with E-state index in [1.54, 1.807) is 6.08 Å². The molecule has 0 N–H and O–H groups in total. The Balaban J connectivity index is 2.09. The number of nitrogens with zero attached hydrogens (tertiary/aromatic N) is 1. The molecule has 1 heterocycles. The molecule has 0 saturated carbocycles. The molecule has 4 nitrogen and oxygen atoms in total. The van der Waals surface area contributed by atoms with E-state index in [1.165, 1.54) is 0 Å². The van der Waals surface area contributed by atoms with Crippen molar-refractivity contribution in [3.05, 3.63) is 52.2 Å². The normalized spacial score (nSPS) is 19.6. The summed E-state index contributed by atoms with van der Waals surface area (Å²) in [5.74, 6) is 0.994. The Morgan fingerprint density at radius 3 is 3.07 bits per heavy atom. The summed E-state index contributed by atoms with van der Waals surface area (Å²) in [6.45, 7) is 0.515. The Morgan fingerprint density at radius 2 is 2.27 bits per heavy atom. The van der Waals surface area contributed by atoms with Gasteiger partial charge in [-0.25, -0.2) is 0 Å². The van der Waals surface area contributed by atoms with Gasteiger partial charge in [-0.3, -0.25) is 10.1 Å². The number of hydrogen-bond acceptors (Lipinski definition) is 3. The fourth-order valence-electron chi connectivity index (χ4n) is 1.67. The van der Waals surface area contributed by atoms with E-state index in [2.05, 4.69) is 0 Å². The van der Waals surface area contributed by atoms with E-state index < -0.39 is 4.92 Å². The number of nitro groups is 1. The number of rotatable bonds is 2. The Hall–Kier alpha value is -1.84. The average Bonchev–Trinajstić information content (AvgIpc) is 2.26. The molecule has 0 spiro atoms. The molecule has 15 heavy (non-hydrogen) atoms. The van der Waals surface area contributed by atoms with Gasteiger partial charge in [-0.2, -0.15) is 0 Å². The molecule has 0 fully saturated rings. The molecule has 1 aliphatic heterocycles. The molecule has 1 aromatic carbocycles. The van der Waals surface area contributed by atoms with E-state index in [4.69, 9.17) is 4.74 Å². The van der Waals surface area contributed by atoms with E-state index in [0.717, 1.165) is 23.9 Å². The van der Waals surface area contributed by atoms with Crippen molar-refractivity contribution in [1.82, 2.24) is 0 Å². The first-order valence-corrected chi connectivity index (χ1v) is 4.78. The van der Waals surface area contributed by atoms with E-state index in [9.17, 15) is 10.1 Å². The highest BCUT2D eigenvalue weighted by atomic mass is 16.6. The highest BCUT2D eigenvalue weighted by molar-refractivity contribution is 5.35. The lowest BCUT2D eigenvalue weighted by atomic mass is 9.97. The van der Waals surface area contributed by atoms with Gasteiger partial charge in [0.1, 0.15) is 5.75 Å². The molecule has 0 bridgehead atoms. The summed E-state index contributed by atoms with van der Waals surface area (Å²) in [5, 5.41) is 10.2. The van der Waals surface area contributed by atoms with Crippen molar-refractivity contribution in [2.45, 2.75) is 6.42 Å². The number of fused-ring (bicyclic) bond motifs is 1. The molecule has 1 aliphatic rings. The van der Waals surface area contributed by atoms with Crippen LogP contribution in [0.3, 0.4) is 0 Å². The monoisotopic (exact) mass is 205 g/mol. The van der Waals surface area contributed by atoms with Crippen LogP contribution in [0.25, 0.3) is 0 Å². The van der Waals surface area contributed by atoms with Gasteiger partial charge in [0.15, 0.2) is 0 Å². The van der Waals surface area contributed by atoms with Crippen LogP contribution in [0.15, 0.2) is 36.5 Å². The zero-order valence-corrected chi connectivity index (χ0v) is 8.13. The van der Waals surface area contributed by atoms with Gasteiger partial charge in [-0.1, -0.05) is 18.2 Å². The summed E-state index contributed by atoms with van der Waals surface area (Å²) in [4.78, 5) is 9.72. The van der Waals surface area contributed by atoms with Crippen LogP contribution < -0.4 is 4.74 Å². The van der Waals surface area contributed by atoms with Gasteiger partial charge >= 0.3 is 0 Å². The third-order valence-corrected chi connectivity index (χ3v) is 2.39. The predicted octanol–water partition coefficient (Wildman–Crippen LogP) is 2.03. The summed E-state index contributed by atoms with van der Waals surface area (Å²) < 4.78 is 5.49. The fourth-order valence-corrected chi connectivity index (χ4v) is 1.67. The van der Waals surface area contributed by atoms with E-state index >= 15 is 0 Å². The van der Waals surface area contributed by atoms with Gasteiger partial charge in [0, 0.05) is 5.92 Å². The van der Waals surface area contributed by atoms with Crippen molar-refractivity contribution in [3.8, 4) is 5.75 Å². The summed E-state index contributed by atoms with van der Waals surface area (Å²) >= 11 is 0. The van der Waals surface area contributed by atoms with Crippen molar-refractivity contribution in [3.63, 3.8) is 0 Å². The van der Waals surface area contributed by atoms with E-state index in [0.29, 0.717) is 6.61 Å². The van der Waals surface area contributed by atoms with Crippen LogP contribution in [0, 0.1) is 16.0 Å². The zero-order valence-electron chi connectivity index (χ0n) is 8.13. The van der Waals surface area contributed by atoms with Crippen molar-refractivity contribution in [2.24, 2.45) is 5.92 Å². The van der Waals surface area contributed by atoms with Crippen LogP contribution in [-0.2, 0) is 6.42 Å². The van der Waals surface area contributed by atoms with Crippen molar-refractivity contribution >= 4 is 0 Å². The number of ether oxygens (including phenoxy) is 1. The van der Waals surface area contributed by atoms with E-state index in [1.807, 2.05) is 24.3 Å². The van der Waals surface area contributed by atoms with Crippen LogP contribution in [0.4, 0.5) is 0 Å². The molecule has 0 radical (unpaired) electrons. The Kier molecular flexibility index (Phi) is 2.67. The molecular formula is C11H11NO3. The van der Waals surface area contributed by atoms with Crippen molar-refractivity contribution < 1.29 is 9.66 Å². The largest absolute Gasteiger partial charge is 0.493 e. The lowest BCUT2D eigenvalue weighted by molar-refractivity contribution is -0.402. The smallest absolute Gasteiger partial charge is 0.230 e. The van der Waals surface area contributed by atoms with Crippen molar-refractivity contribution in [2.75, 3.05) is 6.61 Å². The zero-order chi connectivity index (χ0) is 10.7. The van der Waals surface area contributed by atoms with Crippen LogP contribution in [0.2, 0.25) is 0 Å². The topological polar surface area (TPSA) is 52.4 Å². The first-order chi connectivity index (χ1) is 7.25. The summed E-state index contributed by atoms with van der Waals surface area (Å²) in [6, 6.07) is 7.78. The molecule has 0 amide bonds. The quantitative estimate of drug-likeness (QED) is 0.548. The fraction of sp³-hybridized carbons (Fsp3) is 0.273. The Morgan fingerprint density at radius 1 is 1.47 bits per heavy atom. The van der Waals surface area contributed by atoms with Crippen LogP contribution in [0.5, 0.6) is 5.75 Å². The first-order valence-electron chi connectivity index (χ1n) is 4.78. The average molecular weight is 205 g/mol. The Labute approximate surface area is 87.3 Å². The maximum atomic E-state index is 10.2. The molecule has 0 aromatic heterocycles. The SMILES string of the molecule is O=[N+]([O-])/C=C/C1COc2ccccc2C1. The molecular weight excluding hydrogens is 194 g/mol. The standard InChI is InChI=1S/C11H11NO3/c13-12(14)6-5-9-7-10-3-1-2-4-11(10)15-8-9/h1-6,9H,7-8H2/b6-5+. The van der Waals surface area contributed by atoms with Gasteiger partial charge in [0.25, 0.3) is 0 Å². The second-order valence-electron chi connectivity index (χ2n) is 3.51. The summed E-state index contributed by atoms with van der Waals surface area (Å²) in [7, 11) is 0. The minimum absolute atomic E-state index is 0.102. The maximum Gasteiger partial charge on any atom is 0.230 e. The number of hydrogen-bond donors (Lipinski definition) is 0. The minimum Gasteiger partial charge on any atom is -0.493 e. The summed E-state index contributed by atoms with van der Waals surface area (Å²) in [6.07, 6.45) is 3.39. The highest BCUT2D eigenvalue weighted by Crippen LogP contribution is 2.27. The predicted molar refractivity (Wildman–Crippen MR) is 55.3 cm³/mol. The van der Waals surface area contributed by atoms with Gasteiger partial charge < -0.3 is 4.74 Å². The number of benzene rings is 1. The molecule has 78 valence electrons. The first kappa shape index (κ1) is 9.71.